The van der Waals surface area contributed by atoms with Gasteiger partial charge in [0.1, 0.15) is 0 Å². The van der Waals surface area contributed by atoms with E-state index in [0.29, 0.717) is 23.0 Å². The van der Waals surface area contributed by atoms with Crippen molar-refractivity contribution in [1.82, 2.24) is 5.32 Å². The van der Waals surface area contributed by atoms with Gasteiger partial charge in [-0.2, -0.15) is 0 Å². The highest BCUT2D eigenvalue weighted by atomic mass is 35.5. The van der Waals surface area contributed by atoms with Crippen molar-refractivity contribution in [3.63, 3.8) is 0 Å². The summed E-state index contributed by atoms with van der Waals surface area (Å²) in [6.07, 6.45) is 0.714. The fraction of sp³-hybridized carbons (Fsp3) is 0.571. The maximum atomic E-state index is 9.11. The number of aliphatic hydroxyl groups is 1. The van der Waals surface area contributed by atoms with E-state index in [-0.39, 0.29) is 18.1 Å². The lowest BCUT2D eigenvalue weighted by atomic mass is 9.85. The molecule has 102 valence electrons. The third-order valence-electron chi connectivity index (χ3n) is 3.05. The van der Waals surface area contributed by atoms with Gasteiger partial charge in [-0.3, -0.25) is 0 Å². The van der Waals surface area contributed by atoms with Crippen molar-refractivity contribution in [1.29, 1.82) is 0 Å². The molecule has 0 aromatic heterocycles. The molecule has 2 N–H and O–H groups in total. The van der Waals surface area contributed by atoms with Crippen LogP contribution >= 0.6 is 23.2 Å². The summed E-state index contributed by atoms with van der Waals surface area (Å²) in [5.41, 5.74) is 0.990. The van der Waals surface area contributed by atoms with E-state index >= 15 is 0 Å². The smallest absolute Gasteiger partial charge is 0.0465 e. The molecule has 1 atom stereocenters. The summed E-state index contributed by atoms with van der Waals surface area (Å²) >= 11 is 12.3. The Bertz CT molecular complexity index is 368. The van der Waals surface area contributed by atoms with Gasteiger partial charge in [-0.1, -0.05) is 50.0 Å². The summed E-state index contributed by atoms with van der Waals surface area (Å²) in [6, 6.07) is 5.73. The molecule has 0 aliphatic heterocycles. The van der Waals surface area contributed by atoms with Gasteiger partial charge in [0.15, 0.2) is 0 Å². The Balaban J connectivity index is 2.73. The Kier molecular flexibility index (Phi) is 5.93. The van der Waals surface area contributed by atoms with Crippen molar-refractivity contribution >= 4 is 23.2 Å². The molecule has 1 aromatic carbocycles. The molecule has 0 saturated heterocycles. The highest BCUT2D eigenvalue weighted by molar-refractivity contribution is 6.35. The molecule has 1 unspecified atom stereocenters. The van der Waals surface area contributed by atoms with Gasteiger partial charge in [0.05, 0.1) is 0 Å². The van der Waals surface area contributed by atoms with Crippen molar-refractivity contribution in [2.24, 2.45) is 5.41 Å². The Morgan fingerprint density at radius 3 is 2.22 bits per heavy atom. The Labute approximate surface area is 119 Å². The Hall–Kier alpha value is -0.280. The summed E-state index contributed by atoms with van der Waals surface area (Å²) in [6.45, 7) is 7.23. The van der Waals surface area contributed by atoms with Gasteiger partial charge in [-0.25, -0.2) is 0 Å². The monoisotopic (exact) mass is 289 g/mol. The molecule has 1 rings (SSSR count). The minimum atomic E-state index is 0.0798. The van der Waals surface area contributed by atoms with Crippen LogP contribution in [0.5, 0.6) is 0 Å². The number of benzene rings is 1. The molecule has 4 heteroatoms. The molecule has 0 heterocycles. The van der Waals surface area contributed by atoms with Gasteiger partial charge in [-0.15, -0.1) is 0 Å². The molecular weight excluding hydrogens is 269 g/mol. The van der Waals surface area contributed by atoms with E-state index in [4.69, 9.17) is 28.3 Å². The van der Waals surface area contributed by atoms with Crippen LogP contribution in [0.2, 0.25) is 10.0 Å². The molecule has 1 aromatic rings. The Morgan fingerprint density at radius 2 is 1.78 bits per heavy atom. The lowest BCUT2D eigenvalue weighted by Gasteiger charge is -2.31. The minimum Gasteiger partial charge on any atom is -0.396 e. The average Bonchev–Trinajstić information content (AvgIpc) is 2.25. The van der Waals surface area contributed by atoms with Crippen LogP contribution in [-0.2, 0) is 6.54 Å². The summed E-state index contributed by atoms with van der Waals surface area (Å²) < 4.78 is 0. The molecule has 0 radical (unpaired) electrons. The Morgan fingerprint density at radius 1 is 1.22 bits per heavy atom. The molecule has 2 nitrogen and oxygen atoms in total. The zero-order valence-corrected chi connectivity index (χ0v) is 12.6. The van der Waals surface area contributed by atoms with E-state index in [9.17, 15) is 0 Å². The maximum absolute atomic E-state index is 9.11. The number of halogens is 2. The first kappa shape index (κ1) is 15.8. The molecular formula is C14H21Cl2NO. The third-order valence-corrected chi connectivity index (χ3v) is 3.76. The molecule has 0 bridgehead atoms. The topological polar surface area (TPSA) is 32.3 Å². The van der Waals surface area contributed by atoms with Crippen molar-refractivity contribution in [3.05, 3.63) is 33.8 Å². The van der Waals surface area contributed by atoms with Crippen molar-refractivity contribution in [2.75, 3.05) is 6.61 Å². The summed E-state index contributed by atoms with van der Waals surface area (Å²) in [7, 11) is 0. The molecule has 0 aliphatic rings. The first-order valence-electron chi connectivity index (χ1n) is 6.13. The number of rotatable bonds is 5. The van der Waals surface area contributed by atoms with Crippen LogP contribution in [0.25, 0.3) is 0 Å². The largest absolute Gasteiger partial charge is 0.396 e. The SMILES string of the molecule is CC(C)(C)C(CCO)NCc1c(Cl)cccc1Cl. The molecule has 0 fully saturated rings. The summed E-state index contributed by atoms with van der Waals surface area (Å²) in [5.74, 6) is 0. The zero-order chi connectivity index (χ0) is 13.8. The summed E-state index contributed by atoms with van der Waals surface area (Å²) in [4.78, 5) is 0. The van der Waals surface area contributed by atoms with E-state index in [1.54, 1.807) is 0 Å². The van der Waals surface area contributed by atoms with Crippen LogP contribution in [0.3, 0.4) is 0 Å². The number of aliphatic hydroxyl groups excluding tert-OH is 1. The predicted molar refractivity (Wildman–Crippen MR) is 78.2 cm³/mol. The predicted octanol–water partition coefficient (Wildman–Crippen LogP) is 3.88. The van der Waals surface area contributed by atoms with Crippen molar-refractivity contribution in [3.8, 4) is 0 Å². The fourth-order valence-electron chi connectivity index (χ4n) is 1.90. The standard InChI is InChI=1S/C14H21Cl2NO/c1-14(2,3)13(7-8-18)17-9-10-11(15)5-4-6-12(10)16/h4-6,13,17-18H,7-9H2,1-3H3. The second-order valence-electron chi connectivity index (χ2n) is 5.51. The lowest BCUT2D eigenvalue weighted by Crippen LogP contribution is -2.40. The first-order chi connectivity index (χ1) is 8.36. The van der Waals surface area contributed by atoms with Gasteiger partial charge in [0.25, 0.3) is 0 Å². The van der Waals surface area contributed by atoms with Crippen molar-refractivity contribution in [2.45, 2.75) is 39.8 Å². The van der Waals surface area contributed by atoms with Gasteiger partial charge >= 0.3 is 0 Å². The average molecular weight is 290 g/mol. The highest BCUT2D eigenvalue weighted by Crippen LogP contribution is 2.26. The van der Waals surface area contributed by atoms with Crippen molar-refractivity contribution < 1.29 is 5.11 Å². The van der Waals surface area contributed by atoms with E-state index in [2.05, 4.69) is 26.1 Å². The number of nitrogens with one attached hydrogen (secondary N) is 1. The van der Waals surface area contributed by atoms with Gasteiger partial charge in [-0.05, 0) is 24.0 Å². The number of hydrogen-bond donors (Lipinski definition) is 2. The second-order valence-corrected chi connectivity index (χ2v) is 6.33. The van der Waals surface area contributed by atoms with Gasteiger partial charge < -0.3 is 10.4 Å². The van der Waals surface area contributed by atoms with Crippen LogP contribution in [0.1, 0.15) is 32.8 Å². The van der Waals surface area contributed by atoms with E-state index in [0.717, 1.165) is 5.56 Å². The van der Waals surface area contributed by atoms with Crippen LogP contribution in [0, 0.1) is 5.41 Å². The van der Waals surface area contributed by atoms with Gasteiger partial charge in [0.2, 0.25) is 0 Å². The van der Waals surface area contributed by atoms with Crippen LogP contribution in [0.15, 0.2) is 18.2 Å². The maximum Gasteiger partial charge on any atom is 0.0465 e. The first-order valence-corrected chi connectivity index (χ1v) is 6.89. The fourth-order valence-corrected chi connectivity index (χ4v) is 2.43. The molecule has 0 saturated carbocycles. The quantitative estimate of drug-likeness (QED) is 0.862. The minimum absolute atomic E-state index is 0.0798. The highest BCUT2D eigenvalue weighted by Gasteiger charge is 2.23. The van der Waals surface area contributed by atoms with Crippen LogP contribution in [-0.4, -0.2) is 17.8 Å². The summed E-state index contributed by atoms with van der Waals surface area (Å²) in [5, 5.41) is 13.9. The van der Waals surface area contributed by atoms with Crippen LogP contribution in [0.4, 0.5) is 0 Å². The molecule has 0 spiro atoms. The van der Waals surface area contributed by atoms with E-state index < -0.39 is 0 Å². The van der Waals surface area contributed by atoms with E-state index in [1.807, 2.05) is 18.2 Å². The number of hydrogen-bond acceptors (Lipinski definition) is 2. The molecule has 0 aliphatic carbocycles. The zero-order valence-electron chi connectivity index (χ0n) is 11.1. The van der Waals surface area contributed by atoms with Gasteiger partial charge in [0, 0.05) is 34.8 Å². The van der Waals surface area contributed by atoms with Crippen LogP contribution < -0.4 is 5.32 Å². The lowest BCUT2D eigenvalue weighted by molar-refractivity contribution is 0.196. The molecule has 18 heavy (non-hydrogen) atoms. The third kappa shape index (κ3) is 4.43. The molecule has 0 amide bonds. The second kappa shape index (κ2) is 6.76. The normalized spacial score (nSPS) is 13.7. The van der Waals surface area contributed by atoms with E-state index in [1.165, 1.54) is 0 Å².